The van der Waals surface area contributed by atoms with Gasteiger partial charge in [-0.2, -0.15) is 0 Å². The molecule has 3 aromatic rings. The van der Waals surface area contributed by atoms with Crippen molar-refractivity contribution in [2.45, 2.75) is 6.92 Å². The predicted molar refractivity (Wildman–Crippen MR) is 65.4 cm³/mol. The number of thiophene rings is 1. The third-order valence-corrected chi connectivity index (χ3v) is 3.42. The largest absolute Gasteiger partial charge is 0.256 e. The van der Waals surface area contributed by atoms with Gasteiger partial charge in [-0.15, -0.1) is 11.3 Å². The molecule has 0 aliphatic rings. The van der Waals surface area contributed by atoms with Crippen LogP contribution in [0.25, 0.3) is 21.5 Å². The van der Waals surface area contributed by atoms with Crippen LogP contribution in [0.4, 0.5) is 0 Å². The summed E-state index contributed by atoms with van der Waals surface area (Å²) in [6.45, 7) is 2.07. The number of fused-ring (bicyclic) bond motifs is 1. The highest BCUT2D eigenvalue weighted by Crippen LogP contribution is 2.32. The highest BCUT2D eigenvalue weighted by molar-refractivity contribution is 7.17. The van der Waals surface area contributed by atoms with Crippen LogP contribution in [-0.4, -0.2) is 15.0 Å². The Morgan fingerprint density at radius 1 is 1.25 bits per heavy atom. The van der Waals surface area contributed by atoms with Gasteiger partial charge in [0.1, 0.15) is 11.2 Å². The number of hydrogen-bond acceptors (Lipinski definition) is 4. The average Bonchev–Trinajstić information content (AvgIpc) is 2.74. The minimum Gasteiger partial charge on any atom is -0.256 e. The summed E-state index contributed by atoms with van der Waals surface area (Å²) >= 11 is 1.63. The van der Waals surface area contributed by atoms with Gasteiger partial charge in [0.2, 0.25) is 0 Å². The van der Waals surface area contributed by atoms with Crippen molar-refractivity contribution in [1.82, 2.24) is 15.0 Å². The zero-order valence-electron chi connectivity index (χ0n) is 8.71. The third-order valence-electron chi connectivity index (χ3n) is 2.52. The van der Waals surface area contributed by atoms with Gasteiger partial charge >= 0.3 is 0 Å². The summed E-state index contributed by atoms with van der Waals surface area (Å²) < 4.78 is 0. The Hall–Kier alpha value is -1.81. The SMILES string of the molecule is Cc1cccnc1-c1csc2ncncc12. The summed E-state index contributed by atoms with van der Waals surface area (Å²) in [5.74, 6) is 0. The number of pyridine rings is 1. The number of rotatable bonds is 1. The van der Waals surface area contributed by atoms with Gasteiger partial charge in [0.15, 0.2) is 0 Å². The molecule has 3 rings (SSSR count). The molecular formula is C12H9N3S. The van der Waals surface area contributed by atoms with E-state index in [0.29, 0.717) is 0 Å². The maximum Gasteiger partial charge on any atom is 0.127 e. The first-order valence-corrected chi connectivity index (χ1v) is 5.83. The Labute approximate surface area is 96.8 Å². The van der Waals surface area contributed by atoms with Crippen molar-refractivity contribution in [3.8, 4) is 11.3 Å². The van der Waals surface area contributed by atoms with Crippen LogP contribution in [0, 0.1) is 6.92 Å². The Bertz CT molecular complexity index is 645. The molecule has 0 amide bonds. The maximum absolute atomic E-state index is 4.42. The third kappa shape index (κ3) is 1.39. The van der Waals surface area contributed by atoms with Crippen molar-refractivity contribution in [3.05, 3.63) is 41.8 Å². The summed E-state index contributed by atoms with van der Waals surface area (Å²) in [5, 5.41) is 3.17. The van der Waals surface area contributed by atoms with Crippen molar-refractivity contribution in [2.24, 2.45) is 0 Å². The molecule has 4 heteroatoms. The van der Waals surface area contributed by atoms with E-state index in [4.69, 9.17) is 0 Å². The quantitative estimate of drug-likeness (QED) is 0.641. The van der Waals surface area contributed by atoms with Crippen LogP contribution in [0.1, 0.15) is 5.56 Å². The molecule has 0 spiro atoms. The molecule has 0 bridgehead atoms. The lowest BCUT2D eigenvalue weighted by atomic mass is 10.1. The van der Waals surface area contributed by atoms with Crippen LogP contribution in [0.2, 0.25) is 0 Å². The molecule has 3 aromatic heterocycles. The van der Waals surface area contributed by atoms with Crippen LogP contribution in [0.3, 0.4) is 0 Å². The molecular weight excluding hydrogens is 218 g/mol. The average molecular weight is 227 g/mol. The van der Waals surface area contributed by atoms with Crippen LogP contribution in [0.15, 0.2) is 36.2 Å². The first kappa shape index (κ1) is 9.42. The van der Waals surface area contributed by atoms with E-state index in [0.717, 1.165) is 21.5 Å². The summed E-state index contributed by atoms with van der Waals surface area (Å²) in [6.07, 6.45) is 5.24. The van der Waals surface area contributed by atoms with Crippen molar-refractivity contribution in [3.63, 3.8) is 0 Å². The van der Waals surface area contributed by atoms with Gasteiger partial charge < -0.3 is 0 Å². The number of hydrogen-bond donors (Lipinski definition) is 0. The van der Waals surface area contributed by atoms with Crippen LogP contribution in [0.5, 0.6) is 0 Å². The Morgan fingerprint density at radius 2 is 2.19 bits per heavy atom. The Balaban J connectivity index is 2.31. The van der Waals surface area contributed by atoms with Gasteiger partial charge in [0.05, 0.1) is 5.69 Å². The molecule has 0 aliphatic heterocycles. The first-order valence-electron chi connectivity index (χ1n) is 4.95. The minimum absolute atomic E-state index is 1.01. The molecule has 78 valence electrons. The van der Waals surface area contributed by atoms with E-state index in [9.17, 15) is 0 Å². The molecule has 0 aromatic carbocycles. The molecule has 0 unspecified atom stereocenters. The van der Waals surface area contributed by atoms with Crippen molar-refractivity contribution in [1.29, 1.82) is 0 Å². The second kappa shape index (κ2) is 3.64. The molecule has 16 heavy (non-hydrogen) atoms. The van der Waals surface area contributed by atoms with Gasteiger partial charge in [0.25, 0.3) is 0 Å². The zero-order valence-corrected chi connectivity index (χ0v) is 9.53. The molecule has 0 fully saturated rings. The second-order valence-electron chi connectivity index (χ2n) is 3.56. The summed E-state index contributed by atoms with van der Waals surface area (Å²) in [7, 11) is 0. The Morgan fingerprint density at radius 3 is 3.06 bits per heavy atom. The van der Waals surface area contributed by atoms with Crippen molar-refractivity contribution in [2.75, 3.05) is 0 Å². The van der Waals surface area contributed by atoms with E-state index in [-0.39, 0.29) is 0 Å². The Kier molecular flexibility index (Phi) is 2.15. The van der Waals surface area contributed by atoms with Crippen molar-refractivity contribution < 1.29 is 0 Å². The predicted octanol–water partition coefficient (Wildman–Crippen LogP) is 3.06. The van der Waals surface area contributed by atoms with Crippen LogP contribution < -0.4 is 0 Å². The highest BCUT2D eigenvalue weighted by atomic mass is 32.1. The van der Waals surface area contributed by atoms with E-state index in [1.165, 1.54) is 5.56 Å². The maximum atomic E-state index is 4.42. The van der Waals surface area contributed by atoms with Gasteiger partial charge in [-0.25, -0.2) is 9.97 Å². The fourth-order valence-electron chi connectivity index (χ4n) is 1.73. The molecule has 0 saturated heterocycles. The highest BCUT2D eigenvalue weighted by Gasteiger charge is 2.09. The minimum atomic E-state index is 1.01. The van der Waals surface area contributed by atoms with Gasteiger partial charge in [-0.05, 0) is 18.6 Å². The lowest BCUT2D eigenvalue weighted by molar-refractivity contribution is 1.23. The topological polar surface area (TPSA) is 38.7 Å². The molecule has 3 heterocycles. The molecule has 3 nitrogen and oxygen atoms in total. The smallest absolute Gasteiger partial charge is 0.127 e. The summed E-state index contributed by atoms with van der Waals surface area (Å²) in [4.78, 5) is 13.7. The zero-order chi connectivity index (χ0) is 11.0. The fourth-order valence-corrected chi connectivity index (χ4v) is 2.59. The van der Waals surface area contributed by atoms with E-state index < -0.39 is 0 Å². The molecule has 0 N–H and O–H groups in total. The van der Waals surface area contributed by atoms with E-state index >= 15 is 0 Å². The summed E-state index contributed by atoms with van der Waals surface area (Å²) in [5.41, 5.74) is 3.31. The van der Waals surface area contributed by atoms with Gasteiger partial charge in [-0.1, -0.05) is 6.07 Å². The summed E-state index contributed by atoms with van der Waals surface area (Å²) in [6, 6.07) is 4.01. The number of nitrogens with zero attached hydrogens (tertiary/aromatic N) is 3. The second-order valence-corrected chi connectivity index (χ2v) is 4.42. The molecule has 0 radical (unpaired) electrons. The lowest BCUT2D eigenvalue weighted by Gasteiger charge is -2.01. The van der Waals surface area contributed by atoms with E-state index in [2.05, 4.69) is 33.3 Å². The standard InChI is InChI=1S/C12H9N3S/c1-8-3-2-4-14-11(8)10-6-16-12-9(10)5-13-7-15-12/h2-7H,1H3. The molecule has 0 atom stereocenters. The molecule has 0 aliphatic carbocycles. The van der Waals surface area contributed by atoms with Crippen LogP contribution >= 0.6 is 11.3 Å². The first-order chi connectivity index (χ1) is 7.86. The molecule has 0 saturated carbocycles. The monoisotopic (exact) mass is 227 g/mol. The fraction of sp³-hybridized carbons (Fsp3) is 0.0833. The van der Waals surface area contributed by atoms with E-state index in [1.807, 2.05) is 18.5 Å². The lowest BCUT2D eigenvalue weighted by Crippen LogP contribution is -1.86. The number of aromatic nitrogens is 3. The normalized spacial score (nSPS) is 10.8. The van der Waals surface area contributed by atoms with E-state index in [1.54, 1.807) is 17.7 Å². The number of aryl methyl sites for hydroxylation is 1. The van der Waals surface area contributed by atoms with Gasteiger partial charge in [0, 0.05) is 28.7 Å². The van der Waals surface area contributed by atoms with Crippen LogP contribution in [-0.2, 0) is 0 Å². The van der Waals surface area contributed by atoms with Crippen molar-refractivity contribution >= 4 is 21.6 Å². The van der Waals surface area contributed by atoms with Gasteiger partial charge in [-0.3, -0.25) is 4.98 Å².